The maximum absolute atomic E-state index is 4.05. The quantitative estimate of drug-likeness (QED) is 0.866. The van der Waals surface area contributed by atoms with Gasteiger partial charge in [-0.05, 0) is 44.4 Å². The maximum atomic E-state index is 4.05. The minimum absolute atomic E-state index is 0.638. The molecule has 0 radical (unpaired) electrons. The SMILES string of the molecule is CCN1CCC(NCc2csnn2)CC1C. The van der Waals surface area contributed by atoms with Gasteiger partial charge < -0.3 is 10.2 Å². The van der Waals surface area contributed by atoms with E-state index in [0.29, 0.717) is 12.1 Å². The number of nitrogens with one attached hydrogen (secondary N) is 1. The van der Waals surface area contributed by atoms with Crippen LogP contribution in [0.1, 0.15) is 32.4 Å². The van der Waals surface area contributed by atoms with Gasteiger partial charge in [-0.3, -0.25) is 0 Å². The van der Waals surface area contributed by atoms with Gasteiger partial charge in [0.05, 0.1) is 5.69 Å². The lowest BCUT2D eigenvalue weighted by Crippen LogP contribution is -2.47. The molecule has 0 bridgehead atoms. The molecular weight excluding hydrogens is 220 g/mol. The van der Waals surface area contributed by atoms with Crippen molar-refractivity contribution < 1.29 is 0 Å². The second kappa shape index (κ2) is 5.70. The summed E-state index contributed by atoms with van der Waals surface area (Å²) in [5, 5.41) is 9.63. The molecule has 1 fully saturated rings. The normalized spacial score (nSPS) is 27.1. The van der Waals surface area contributed by atoms with Crippen LogP contribution in [0.4, 0.5) is 0 Å². The van der Waals surface area contributed by atoms with Crippen molar-refractivity contribution in [1.29, 1.82) is 0 Å². The number of hydrogen-bond donors (Lipinski definition) is 1. The summed E-state index contributed by atoms with van der Waals surface area (Å²) in [6, 6.07) is 1.34. The molecule has 1 aliphatic heterocycles. The van der Waals surface area contributed by atoms with Crippen LogP contribution in [0.25, 0.3) is 0 Å². The molecule has 5 heteroatoms. The number of likely N-dealkylation sites (tertiary alicyclic amines) is 1. The number of rotatable bonds is 4. The van der Waals surface area contributed by atoms with Crippen LogP contribution in [0, 0.1) is 0 Å². The van der Waals surface area contributed by atoms with E-state index in [0.717, 1.165) is 12.2 Å². The largest absolute Gasteiger partial charge is 0.308 e. The molecule has 0 aromatic carbocycles. The van der Waals surface area contributed by atoms with Crippen LogP contribution in [-0.2, 0) is 6.54 Å². The zero-order valence-corrected chi connectivity index (χ0v) is 10.8. The van der Waals surface area contributed by atoms with Crippen molar-refractivity contribution in [1.82, 2.24) is 19.8 Å². The fourth-order valence-electron chi connectivity index (χ4n) is 2.39. The Hall–Kier alpha value is -0.520. The molecule has 1 saturated heterocycles. The van der Waals surface area contributed by atoms with Crippen molar-refractivity contribution >= 4 is 11.5 Å². The summed E-state index contributed by atoms with van der Waals surface area (Å²) in [5.41, 5.74) is 1.07. The lowest BCUT2D eigenvalue weighted by molar-refractivity contribution is 0.142. The van der Waals surface area contributed by atoms with Crippen molar-refractivity contribution in [2.45, 2.75) is 45.3 Å². The predicted octanol–water partition coefficient (Wildman–Crippen LogP) is 1.50. The van der Waals surface area contributed by atoms with E-state index in [1.165, 1.54) is 37.5 Å². The van der Waals surface area contributed by atoms with Crippen LogP contribution in [0.5, 0.6) is 0 Å². The van der Waals surface area contributed by atoms with Crippen molar-refractivity contribution in [2.75, 3.05) is 13.1 Å². The second-order valence-corrected chi connectivity index (χ2v) is 5.09. The summed E-state index contributed by atoms with van der Waals surface area (Å²) in [6.07, 6.45) is 2.49. The van der Waals surface area contributed by atoms with Gasteiger partial charge in [-0.25, -0.2) is 0 Å². The molecule has 0 aliphatic carbocycles. The maximum Gasteiger partial charge on any atom is 0.0893 e. The Balaban J connectivity index is 1.75. The molecule has 1 N–H and O–H groups in total. The zero-order valence-electron chi connectivity index (χ0n) is 10.0. The molecule has 0 spiro atoms. The molecular formula is C11H20N4S. The van der Waals surface area contributed by atoms with Gasteiger partial charge in [0.25, 0.3) is 0 Å². The van der Waals surface area contributed by atoms with E-state index in [-0.39, 0.29) is 0 Å². The first-order chi connectivity index (χ1) is 7.79. The molecule has 2 heterocycles. The molecule has 1 aromatic rings. The second-order valence-electron chi connectivity index (χ2n) is 4.48. The van der Waals surface area contributed by atoms with E-state index in [9.17, 15) is 0 Å². The third kappa shape index (κ3) is 2.99. The van der Waals surface area contributed by atoms with E-state index in [1.54, 1.807) is 0 Å². The third-order valence-corrected chi connectivity index (χ3v) is 3.95. The Bertz CT molecular complexity index is 301. The van der Waals surface area contributed by atoms with E-state index in [1.807, 2.05) is 5.38 Å². The molecule has 90 valence electrons. The highest BCUT2D eigenvalue weighted by atomic mass is 32.1. The fourth-order valence-corrected chi connectivity index (χ4v) is 2.84. The van der Waals surface area contributed by atoms with Gasteiger partial charge in [-0.1, -0.05) is 11.4 Å². The Labute approximate surface area is 101 Å². The Morgan fingerprint density at radius 1 is 1.62 bits per heavy atom. The van der Waals surface area contributed by atoms with Crippen LogP contribution in [0.15, 0.2) is 5.38 Å². The molecule has 2 unspecified atom stereocenters. The standard InChI is InChI=1S/C11H20N4S/c1-3-15-5-4-10(6-9(15)2)12-7-11-8-16-14-13-11/h8-10,12H,3-7H2,1-2H3. The average Bonchev–Trinajstić information content (AvgIpc) is 2.79. The first-order valence-corrected chi connectivity index (χ1v) is 6.86. The number of hydrogen-bond acceptors (Lipinski definition) is 5. The highest BCUT2D eigenvalue weighted by Crippen LogP contribution is 2.17. The van der Waals surface area contributed by atoms with Gasteiger partial charge in [0, 0.05) is 24.0 Å². The lowest BCUT2D eigenvalue weighted by Gasteiger charge is -2.37. The van der Waals surface area contributed by atoms with Gasteiger partial charge in [-0.2, -0.15) is 0 Å². The predicted molar refractivity (Wildman–Crippen MR) is 66.5 cm³/mol. The Kier molecular flexibility index (Phi) is 4.26. The fraction of sp³-hybridized carbons (Fsp3) is 0.818. The van der Waals surface area contributed by atoms with Crippen LogP contribution >= 0.6 is 11.5 Å². The number of nitrogens with zero attached hydrogens (tertiary/aromatic N) is 3. The summed E-state index contributed by atoms with van der Waals surface area (Å²) in [6.45, 7) is 7.81. The summed E-state index contributed by atoms with van der Waals surface area (Å²) in [7, 11) is 0. The van der Waals surface area contributed by atoms with Gasteiger partial charge in [-0.15, -0.1) is 5.10 Å². The molecule has 1 aromatic heterocycles. The van der Waals surface area contributed by atoms with Crippen molar-refractivity contribution in [3.05, 3.63) is 11.1 Å². The highest BCUT2D eigenvalue weighted by molar-refractivity contribution is 7.03. The molecule has 0 amide bonds. The first-order valence-electron chi connectivity index (χ1n) is 6.03. The van der Waals surface area contributed by atoms with Crippen LogP contribution < -0.4 is 5.32 Å². The monoisotopic (exact) mass is 240 g/mol. The third-order valence-electron chi connectivity index (χ3n) is 3.40. The topological polar surface area (TPSA) is 41.0 Å². The first kappa shape index (κ1) is 12.0. The molecule has 16 heavy (non-hydrogen) atoms. The van der Waals surface area contributed by atoms with Crippen LogP contribution in [-0.4, -0.2) is 39.7 Å². The van der Waals surface area contributed by atoms with E-state index < -0.39 is 0 Å². The Morgan fingerprint density at radius 2 is 2.50 bits per heavy atom. The molecule has 1 aliphatic rings. The Morgan fingerprint density at radius 3 is 3.12 bits per heavy atom. The number of piperidine rings is 1. The minimum atomic E-state index is 0.638. The summed E-state index contributed by atoms with van der Waals surface area (Å²) in [5.74, 6) is 0. The minimum Gasteiger partial charge on any atom is -0.308 e. The highest BCUT2D eigenvalue weighted by Gasteiger charge is 2.23. The molecule has 2 atom stereocenters. The van der Waals surface area contributed by atoms with Crippen molar-refractivity contribution in [3.8, 4) is 0 Å². The van der Waals surface area contributed by atoms with Crippen molar-refractivity contribution in [2.24, 2.45) is 0 Å². The number of aromatic nitrogens is 2. The molecule has 2 rings (SSSR count). The van der Waals surface area contributed by atoms with Crippen molar-refractivity contribution in [3.63, 3.8) is 0 Å². The van der Waals surface area contributed by atoms with Crippen LogP contribution in [0.3, 0.4) is 0 Å². The van der Waals surface area contributed by atoms with Crippen LogP contribution in [0.2, 0.25) is 0 Å². The molecule has 0 saturated carbocycles. The lowest BCUT2D eigenvalue weighted by atomic mass is 9.98. The smallest absolute Gasteiger partial charge is 0.0893 e. The molecule has 4 nitrogen and oxygen atoms in total. The zero-order chi connectivity index (χ0) is 11.4. The van der Waals surface area contributed by atoms with Gasteiger partial charge in [0.1, 0.15) is 0 Å². The average molecular weight is 240 g/mol. The summed E-state index contributed by atoms with van der Waals surface area (Å²) in [4.78, 5) is 2.54. The van der Waals surface area contributed by atoms with Gasteiger partial charge >= 0.3 is 0 Å². The van der Waals surface area contributed by atoms with E-state index >= 15 is 0 Å². The summed E-state index contributed by atoms with van der Waals surface area (Å²) >= 11 is 1.42. The van der Waals surface area contributed by atoms with E-state index in [2.05, 4.69) is 33.7 Å². The van der Waals surface area contributed by atoms with Gasteiger partial charge in [0.2, 0.25) is 0 Å². The summed E-state index contributed by atoms with van der Waals surface area (Å²) < 4.78 is 3.87. The van der Waals surface area contributed by atoms with E-state index in [4.69, 9.17) is 0 Å². The van der Waals surface area contributed by atoms with Gasteiger partial charge in [0.15, 0.2) is 0 Å².